The van der Waals surface area contributed by atoms with Crippen molar-refractivity contribution in [1.82, 2.24) is 0 Å². The summed E-state index contributed by atoms with van der Waals surface area (Å²) in [4.78, 5) is 0. The monoisotopic (exact) mass is 216 g/mol. The second kappa shape index (κ2) is 7.27. The molecule has 0 aliphatic rings. The van der Waals surface area contributed by atoms with E-state index in [0.29, 0.717) is 0 Å². The lowest BCUT2D eigenvalue weighted by molar-refractivity contribution is 0.780. The molecule has 0 amide bonds. The second-order valence-corrected chi connectivity index (χ2v) is 4.49. The van der Waals surface area contributed by atoms with Crippen LogP contribution < -0.4 is 0 Å². The highest BCUT2D eigenvalue weighted by Gasteiger charge is 1.99. The third kappa shape index (κ3) is 4.22. The Morgan fingerprint density at radius 3 is 1.81 bits per heavy atom. The maximum Gasteiger partial charge on any atom is -0.0257 e. The first-order valence-corrected chi connectivity index (χ1v) is 6.55. The summed E-state index contributed by atoms with van der Waals surface area (Å²) in [5, 5.41) is 0. The molecule has 0 unspecified atom stereocenters. The topological polar surface area (TPSA) is 0 Å². The van der Waals surface area contributed by atoms with Gasteiger partial charge >= 0.3 is 0 Å². The van der Waals surface area contributed by atoms with Crippen molar-refractivity contribution in [2.45, 2.75) is 52.4 Å². The summed E-state index contributed by atoms with van der Waals surface area (Å²) < 4.78 is 0. The normalized spacial score (nSPS) is 10.4. The van der Waals surface area contributed by atoms with Crippen LogP contribution >= 0.6 is 0 Å². The SMILES string of the molecule is C=Cc1cc(CCCC)cc(CCCC)c1. The van der Waals surface area contributed by atoms with Crippen LogP contribution in [0.2, 0.25) is 0 Å². The van der Waals surface area contributed by atoms with E-state index < -0.39 is 0 Å². The predicted octanol–water partition coefficient (Wildman–Crippen LogP) is 5.01. The van der Waals surface area contributed by atoms with E-state index in [1.165, 1.54) is 55.2 Å². The van der Waals surface area contributed by atoms with Crippen molar-refractivity contribution < 1.29 is 0 Å². The molecule has 1 aromatic carbocycles. The molecule has 1 aromatic rings. The summed E-state index contributed by atoms with van der Waals surface area (Å²) in [6, 6.07) is 6.93. The molecule has 0 radical (unpaired) electrons. The van der Waals surface area contributed by atoms with Gasteiger partial charge in [-0.15, -0.1) is 0 Å². The van der Waals surface area contributed by atoms with E-state index >= 15 is 0 Å². The van der Waals surface area contributed by atoms with Gasteiger partial charge in [0.1, 0.15) is 0 Å². The fourth-order valence-corrected chi connectivity index (χ4v) is 1.96. The summed E-state index contributed by atoms with van der Waals surface area (Å²) in [5.74, 6) is 0. The van der Waals surface area contributed by atoms with Gasteiger partial charge in [0.25, 0.3) is 0 Å². The molecular formula is C16H24. The molecule has 16 heavy (non-hydrogen) atoms. The molecule has 0 aromatic heterocycles. The van der Waals surface area contributed by atoms with Crippen molar-refractivity contribution in [1.29, 1.82) is 0 Å². The van der Waals surface area contributed by atoms with Gasteiger partial charge in [0, 0.05) is 0 Å². The zero-order valence-electron chi connectivity index (χ0n) is 10.8. The van der Waals surface area contributed by atoms with Gasteiger partial charge in [-0.25, -0.2) is 0 Å². The Kier molecular flexibility index (Phi) is 5.92. The number of rotatable bonds is 7. The van der Waals surface area contributed by atoms with E-state index in [1.54, 1.807) is 0 Å². The van der Waals surface area contributed by atoms with Crippen molar-refractivity contribution in [2.75, 3.05) is 0 Å². The highest BCUT2D eigenvalue weighted by molar-refractivity contribution is 5.50. The molecule has 0 bridgehead atoms. The smallest absolute Gasteiger partial charge is 0.0257 e. The molecular weight excluding hydrogens is 192 g/mol. The molecule has 0 atom stereocenters. The maximum atomic E-state index is 3.87. The minimum atomic E-state index is 1.21. The molecule has 0 nitrogen and oxygen atoms in total. The minimum Gasteiger partial charge on any atom is -0.0985 e. The molecule has 0 N–H and O–H groups in total. The predicted molar refractivity (Wildman–Crippen MR) is 73.8 cm³/mol. The van der Waals surface area contributed by atoms with Crippen molar-refractivity contribution in [2.24, 2.45) is 0 Å². The van der Waals surface area contributed by atoms with Crippen molar-refractivity contribution in [3.8, 4) is 0 Å². The van der Waals surface area contributed by atoms with Crippen molar-refractivity contribution in [3.63, 3.8) is 0 Å². The van der Waals surface area contributed by atoms with E-state index in [4.69, 9.17) is 0 Å². The lowest BCUT2D eigenvalue weighted by atomic mass is 9.99. The highest BCUT2D eigenvalue weighted by Crippen LogP contribution is 2.15. The van der Waals surface area contributed by atoms with E-state index in [0.717, 1.165) is 0 Å². The summed E-state index contributed by atoms with van der Waals surface area (Å²) in [5.41, 5.74) is 4.23. The quantitative estimate of drug-likeness (QED) is 0.600. The first-order chi connectivity index (χ1) is 7.80. The van der Waals surface area contributed by atoms with Gasteiger partial charge in [0.15, 0.2) is 0 Å². The average Bonchev–Trinajstić information content (AvgIpc) is 2.33. The van der Waals surface area contributed by atoms with Crippen LogP contribution in [-0.2, 0) is 12.8 Å². The number of benzene rings is 1. The van der Waals surface area contributed by atoms with Gasteiger partial charge < -0.3 is 0 Å². The van der Waals surface area contributed by atoms with Crippen LogP contribution in [0.25, 0.3) is 6.08 Å². The first kappa shape index (κ1) is 13.0. The van der Waals surface area contributed by atoms with Gasteiger partial charge in [0.05, 0.1) is 0 Å². The van der Waals surface area contributed by atoms with E-state index in [2.05, 4.69) is 38.6 Å². The molecule has 1 rings (SSSR count). The Balaban J connectivity index is 2.78. The summed E-state index contributed by atoms with van der Waals surface area (Å²) >= 11 is 0. The molecule has 0 saturated carbocycles. The molecule has 0 heterocycles. The largest absolute Gasteiger partial charge is 0.0985 e. The standard InChI is InChI=1S/C16H24/c1-4-7-9-15-11-14(6-3)12-16(13-15)10-8-5-2/h6,11-13H,3-5,7-10H2,1-2H3. The first-order valence-electron chi connectivity index (χ1n) is 6.55. The maximum absolute atomic E-state index is 3.87. The third-order valence-corrected chi connectivity index (χ3v) is 2.95. The molecule has 0 heteroatoms. The van der Waals surface area contributed by atoms with Crippen LogP contribution in [0, 0.1) is 0 Å². The van der Waals surface area contributed by atoms with Gasteiger partial charge in [-0.05, 0) is 42.4 Å². The summed E-state index contributed by atoms with van der Waals surface area (Å²) in [7, 11) is 0. The Morgan fingerprint density at radius 2 is 1.44 bits per heavy atom. The zero-order chi connectivity index (χ0) is 11.8. The highest BCUT2D eigenvalue weighted by atomic mass is 14.0. The van der Waals surface area contributed by atoms with Gasteiger partial charge in [0.2, 0.25) is 0 Å². The number of aryl methyl sites for hydroxylation is 2. The van der Waals surface area contributed by atoms with Crippen LogP contribution in [0.15, 0.2) is 24.8 Å². The number of hydrogen-bond acceptors (Lipinski definition) is 0. The Morgan fingerprint density at radius 1 is 0.938 bits per heavy atom. The van der Waals surface area contributed by atoms with E-state index in [9.17, 15) is 0 Å². The van der Waals surface area contributed by atoms with Crippen LogP contribution in [0.3, 0.4) is 0 Å². The molecule has 88 valence electrons. The van der Waals surface area contributed by atoms with Crippen LogP contribution in [0.1, 0.15) is 56.2 Å². The van der Waals surface area contributed by atoms with Gasteiger partial charge in [-0.3, -0.25) is 0 Å². The summed E-state index contributed by atoms with van der Waals surface area (Å²) in [6.07, 6.45) is 9.48. The molecule has 0 aliphatic heterocycles. The molecule has 0 aliphatic carbocycles. The Hall–Kier alpha value is -1.04. The van der Waals surface area contributed by atoms with Crippen molar-refractivity contribution in [3.05, 3.63) is 41.5 Å². The number of hydrogen-bond donors (Lipinski definition) is 0. The zero-order valence-corrected chi connectivity index (χ0v) is 10.8. The molecule has 0 saturated heterocycles. The lowest BCUT2D eigenvalue weighted by Crippen LogP contribution is -1.92. The Labute approximate surface area is 100 Å². The van der Waals surface area contributed by atoms with Crippen LogP contribution in [0.4, 0.5) is 0 Å². The fraction of sp³-hybridized carbons (Fsp3) is 0.500. The van der Waals surface area contributed by atoms with Crippen LogP contribution in [0.5, 0.6) is 0 Å². The Bertz CT molecular complexity index is 297. The van der Waals surface area contributed by atoms with Gasteiger partial charge in [-0.2, -0.15) is 0 Å². The van der Waals surface area contributed by atoms with Crippen molar-refractivity contribution >= 4 is 6.08 Å². The number of unbranched alkanes of at least 4 members (excludes halogenated alkanes) is 2. The average molecular weight is 216 g/mol. The minimum absolute atomic E-state index is 1.21. The fourth-order valence-electron chi connectivity index (χ4n) is 1.96. The second-order valence-electron chi connectivity index (χ2n) is 4.49. The lowest BCUT2D eigenvalue weighted by Gasteiger charge is -2.07. The molecule has 0 spiro atoms. The summed E-state index contributed by atoms with van der Waals surface area (Å²) in [6.45, 7) is 8.36. The van der Waals surface area contributed by atoms with E-state index in [1.807, 2.05) is 6.08 Å². The van der Waals surface area contributed by atoms with E-state index in [-0.39, 0.29) is 0 Å². The third-order valence-electron chi connectivity index (χ3n) is 2.95. The van der Waals surface area contributed by atoms with Gasteiger partial charge in [-0.1, -0.05) is 57.5 Å². The van der Waals surface area contributed by atoms with Crippen LogP contribution in [-0.4, -0.2) is 0 Å². The molecule has 0 fully saturated rings.